The number of hydrogen-bond donors (Lipinski definition) is 1. The van der Waals surface area contributed by atoms with Crippen molar-refractivity contribution in [2.75, 3.05) is 16.8 Å². The maximum Gasteiger partial charge on any atom is 0.229 e. The molecular formula is C20H18ClN3O2. The van der Waals surface area contributed by atoms with Gasteiger partial charge in [-0.05, 0) is 49.2 Å². The normalized spacial score (nSPS) is 16.5. The van der Waals surface area contributed by atoms with Gasteiger partial charge in [-0.1, -0.05) is 23.7 Å². The van der Waals surface area contributed by atoms with E-state index in [1.54, 1.807) is 29.2 Å². The zero-order valence-corrected chi connectivity index (χ0v) is 15.3. The van der Waals surface area contributed by atoms with Crippen LogP contribution in [0.1, 0.15) is 23.1 Å². The summed E-state index contributed by atoms with van der Waals surface area (Å²) in [6.07, 6.45) is 0.132. The Labute approximate surface area is 157 Å². The molecule has 1 aliphatic rings. The Morgan fingerprint density at radius 1 is 1.31 bits per heavy atom. The lowest BCUT2D eigenvalue weighted by Crippen LogP contribution is -2.28. The van der Waals surface area contributed by atoms with Crippen LogP contribution in [0.4, 0.5) is 11.4 Å². The number of rotatable bonds is 3. The summed E-state index contributed by atoms with van der Waals surface area (Å²) in [6, 6.07) is 12.5. The lowest BCUT2D eigenvalue weighted by atomic mass is 10.1. The molecule has 1 fully saturated rings. The predicted octanol–water partition coefficient (Wildman–Crippen LogP) is 3.82. The molecule has 2 aromatic carbocycles. The van der Waals surface area contributed by atoms with Gasteiger partial charge in [-0.15, -0.1) is 0 Å². The van der Waals surface area contributed by atoms with Crippen LogP contribution < -0.4 is 10.2 Å². The van der Waals surface area contributed by atoms with Gasteiger partial charge < -0.3 is 10.2 Å². The van der Waals surface area contributed by atoms with Crippen molar-refractivity contribution in [1.82, 2.24) is 0 Å². The van der Waals surface area contributed by atoms with Crippen LogP contribution in [0.2, 0.25) is 5.02 Å². The van der Waals surface area contributed by atoms with Crippen molar-refractivity contribution in [3.63, 3.8) is 0 Å². The third-order valence-electron chi connectivity index (χ3n) is 4.42. The highest BCUT2D eigenvalue weighted by Crippen LogP contribution is 2.35. The smallest absolute Gasteiger partial charge is 0.229 e. The summed E-state index contributed by atoms with van der Waals surface area (Å²) in [5, 5.41) is 12.2. The monoisotopic (exact) mass is 367 g/mol. The fourth-order valence-electron chi connectivity index (χ4n) is 3.26. The number of carbonyl (C=O) groups excluding carboxylic acids is 2. The minimum Gasteiger partial charge on any atom is -0.326 e. The van der Waals surface area contributed by atoms with Gasteiger partial charge in [0.1, 0.15) is 0 Å². The molecule has 0 aliphatic carbocycles. The Morgan fingerprint density at radius 2 is 2.08 bits per heavy atom. The molecule has 6 heteroatoms. The molecule has 5 nitrogen and oxygen atoms in total. The van der Waals surface area contributed by atoms with E-state index in [2.05, 4.69) is 5.32 Å². The minimum atomic E-state index is -0.468. The number of anilines is 2. The molecule has 0 bridgehead atoms. The molecule has 1 heterocycles. The van der Waals surface area contributed by atoms with Crippen molar-refractivity contribution in [3.8, 4) is 6.07 Å². The van der Waals surface area contributed by atoms with Crippen LogP contribution in [-0.4, -0.2) is 18.4 Å². The van der Waals surface area contributed by atoms with E-state index < -0.39 is 5.92 Å². The van der Waals surface area contributed by atoms with Gasteiger partial charge in [-0.25, -0.2) is 0 Å². The number of carbonyl (C=O) groups is 2. The Hall–Kier alpha value is -2.84. The predicted molar refractivity (Wildman–Crippen MR) is 101 cm³/mol. The van der Waals surface area contributed by atoms with E-state index in [1.807, 2.05) is 32.0 Å². The first-order valence-corrected chi connectivity index (χ1v) is 8.65. The number of aryl methyl sites for hydroxylation is 2. The van der Waals surface area contributed by atoms with Gasteiger partial charge in [-0.2, -0.15) is 5.26 Å². The van der Waals surface area contributed by atoms with Gasteiger partial charge in [0.15, 0.2) is 0 Å². The van der Waals surface area contributed by atoms with Crippen LogP contribution in [0, 0.1) is 31.1 Å². The topological polar surface area (TPSA) is 73.2 Å². The molecule has 1 N–H and O–H groups in total. The molecule has 0 aromatic heterocycles. The average molecular weight is 368 g/mol. The molecule has 0 spiro atoms. The molecule has 1 unspecified atom stereocenters. The number of halogens is 1. The fourth-order valence-corrected chi connectivity index (χ4v) is 3.68. The van der Waals surface area contributed by atoms with E-state index >= 15 is 0 Å². The van der Waals surface area contributed by atoms with Crippen molar-refractivity contribution >= 4 is 34.8 Å². The Bertz CT molecular complexity index is 910. The largest absolute Gasteiger partial charge is 0.326 e. The summed E-state index contributed by atoms with van der Waals surface area (Å²) in [6.45, 7) is 4.13. The molecule has 26 heavy (non-hydrogen) atoms. The van der Waals surface area contributed by atoms with Crippen LogP contribution in [0.3, 0.4) is 0 Å². The third-order valence-corrected chi connectivity index (χ3v) is 4.71. The van der Waals surface area contributed by atoms with Crippen LogP contribution in [0.5, 0.6) is 0 Å². The van der Waals surface area contributed by atoms with E-state index in [4.69, 9.17) is 16.9 Å². The summed E-state index contributed by atoms with van der Waals surface area (Å²) >= 11 is 6.35. The minimum absolute atomic E-state index is 0.121. The molecule has 0 radical (unpaired) electrons. The summed E-state index contributed by atoms with van der Waals surface area (Å²) < 4.78 is 0. The van der Waals surface area contributed by atoms with Gasteiger partial charge in [0.25, 0.3) is 0 Å². The van der Waals surface area contributed by atoms with Crippen LogP contribution in [-0.2, 0) is 9.59 Å². The summed E-state index contributed by atoms with van der Waals surface area (Å²) in [5.41, 5.74) is 3.61. The fraction of sp³-hybridized carbons (Fsp3) is 0.250. The van der Waals surface area contributed by atoms with Crippen molar-refractivity contribution in [1.29, 1.82) is 5.26 Å². The van der Waals surface area contributed by atoms with Gasteiger partial charge in [0, 0.05) is 18.7 Å². The summed E-state index contributed by atoms with van der Waals surface area (Å²) in [7, 11) is 0. The van der Waals surface area contributed by atoms with Gasteiger partial charge in [0.2, 0.25) is 11.8 Å². The summed E-state index contributed by atoms with van der Waals surface area (Å²) in [4.78, 5) is 26.6. The second kappa shape index (κ2) is 7.19. The average Bonchev–Trinajstić information content (AvgIpc) is 2.96. The van der Waals surface area contributed by atoms with Crippen LogP contribution in [0.15, 0.2) is 36.4 Å². The van der Waals surface area contributed by atoms with E-state index in [0.717, 1.165) is 11.1 Å². The standard InChI is InChI=1S/C20H18ClN3O2/c1-12-6-13(2)19(17(21)7-12)24-11-15(9-18(24)25)20(26)23-16-5-3-4-14(8-16)10-22/h3-8,15H,9,11H2,1-2H3,(H,23,26). The van der Waals surface area contributed by atoms with Crippen LogP contribution >= 0.6 is 11.6 Å². The SMILES string of the molecule is Cc1cc(C)c(N2CC(C(=O)Nc3cccc(C#N)c3)CC2=O)c(Cl)c1. The number of benzene rings is 2. The lowest BCUT2D eigenvalue weighted by Gasteiger charge is -2.21. The first kappa shape index (κ1) is 18.0. The highest BCUT2D eigenvalue weighted by atomic mass is 35.5. The van der Waals surface area contributed by atoms with Crippen molar-refractivity contribution < 1.29 is 9.59 Å². The number of nitriles is 1. The number of nitrogens with zero attached hydrogens (tertiary/aromatic N) is 2. The van der Waals surface area contributed by atoms with E-state index in [9.17, 15) is 9.59 Å². The maximum atomic E-state index is 12.6. The molecular weight excluding hydrogens is 350 g/mol. The highest BCUT2D eigenvalue weighted by Gasteiger charge is 2.36. The molecule has 1 aliphatic heterocycles. The highest BCUT2D eigenvalue weighted by molar-refractivity contribution is 6.34. The third kappa shape index (κ3) is 3.56. The van der Waals surface area contributed by atoms with Gasteiger partial charge in [-0.3, -0.25) is 9.59 Å². The van der Waals surface area contributed by atoms with Crippen LogP contribution in [0.25, 0.3) is 0 Å². The zero-order valence-electron chi connectivity index (χ0n) is 14.5. The molecule has 1 saturated heterocycles. The Kier molecular flexibility index (Phi) is 4.97. The lowest BCUT2D eigenvalue weighted by molar-refractivity contribution is -0.122. The number of nitrogens with one attached hydrogen (secondary N) is 1. The van der Waals surface area contributed by atoms with E-state index in [1.165, 1.54) is 0 Å². The van der Waals surface area contributed by atoms with E-state index in [-0.39, 0.29) is 24.8 Å². The number of hydrogen-bond acceptors (Lipinski definition) is 3. The zero-order chi connectivity index (χ0) is 18.8. The quantitative estimate of drug-likeness (QED) is 0.896. The first-order chi connectivity index (χ1) is 12.4. The van der Waals surface area contributed by atoms with Gasteiger partial charge >= 0.3 is 0 Å². The van der Waals surface area contributed by atoms with Crippen molar-refractivity contribution in [2.24, 2.45) is 5.92 Å². The Balaban J connectivity index is 1.77. The second-order valence-electron chi connectivity index (χ2n) is 6.50. The Morgan fingerprint density at radius 3 is 2.77 bits per heavy atom. The number of amides is 2. The molecule has 132 valence electrons. The summed E-state index contributed by atoms with van der Waals surface area (Å²) in [5.74, 6) is -0.827. The molecule has 2 amide bonds. The molecule has 2 aromatic rings. The molecule has 3 rings (SSSR count). The maximum absolute atomic E-state index is 12.6. The van der Waals surface area contributed by atoms with Gasteiger partial charge in [0.05, 0.1) is 28.3 Å². The second-order valence-corrected chi connectivity index (χ2v) is 6.91. The molecule has 1 atom stereocenters. The van der Waals surface area contributed by atoms with E-state index in [0.29, 0.717) is 22.0 Å². The van der Waals surface area contributed by atoms with Crippen molar-refractivity contribution in [2.45, 2.75) is 20.3 Å². The molecule has 0 saturated carbocycles. The first-order valence-electron chi connectivity index (χ1n) is 8.27. The van der Waals surface area contributed by atoms with Crippen molar-refractivity contribution in [3.05, 3.63) is 58.1 Å².